The SMILES string of the molecule is CC(C)[C@H](O)/C=C/[C@H](C)[C@@]1(C)CC[C@@H](CO[Si](c2ccccc2)(c2ccccc2)C(C)(C)C)C1(C)C.CC(C)[C@H](O)CC[C@H](C)[C@@]1(C)CC[C@@H](CO[Si](c2ccccc2)(c2ccccc2)C(C)(C)C)C1(C)C. The molecule has 2 aliphatic carbocycles. The fourth-order valence-corrected chi connectivity index (χ4v) is 22.5. The first kappa shape index (κ1) is 59.8. The molecule has 398 valence electrons. The third kappa shape index (κ3) is 12.1. The van der Waals surface area contributed by atoms with Gasteiger partial charge in [-0.25, -0.2) is 0 Å². The average Bonchev–Trinajstić information content (AvgIpc) is 3.72. The van der Waals surface area contributed by atoms with Gasteiger partial charge in [0.1, 0.15) is 0 Å². The van der Waals surface area contributed by atoms with Gasteiger partial charge in [0, 0.05) is 13.2 Å². The number of rotatable bonds is 19. The minimum Gasteiger partial charge on any atom is -0.407 e. The Morgan fingerprint density at radius 2 is 0.833 bits per heavy atom. The van der Waals surface area contributed by atoms with E-state index in [1.54, 1.807) is 0 Å². The standard InChI is InChI=1S/C33H52O2Si.C33H50O2Si/c2*1-25(2)30(34)21-20-26(3)33(9)23-22-27(32(33,7)8)24-35-36(31(4,5)6,28-16-12-10-13-17-28)29-18-14-11-15-19-29/h10-19,25-27,30,34H,20-24H2,1-9H3;10-21,25-27,30,34H,22-24H2,1-9H3/b;21-20+/t2*26-,27-,30+,33+/m00/s1. The Morgan fingerprint density at radius 1 is 0.500 bits per heavy atom. The molecule has 0 heterocycles. The normalized spacial score (nSPS) is 24.2. The second-order valence-electron chi connectivity index (χ2n) is 26.9. The second kappa shape index (κ2) is 23.8. The Morgan fingerprint density at radius 3 is 1.15 bits per heavy atom. The van der Waals surface area contributed by atoms with Crippen LogP contribution in [-0.4, -0.2) is 52.3 Å². The van der Waals surface area contributed by atoms with Crippen LogP contribution in [0.25, 0.3) is 0 Å². The summed E-state index contributed by atoms with van der Waals surface area (Å²) in [6, 6.07) is 44.0. The van der Waals surface area contributed by atoms with Crippen LogP contribution in [0.1, 0.15) is 163 Å². The Labute approximate surface area is 443 Å². The van der Waals surface area contributed by atoms with Gasteiger partial charge in [-0.2, -0.15) is 0 Å². The number of aliphatic hydroxyl groups excluding tert-OH is 2. The molecular weight excluding hydrogens is 913 g/mol. The number of hydrogen-bond acceptors (Lipinski definition) is 4. The lowest BCUT2D eigenvalue weighted by atomic mass is 9.59. The molecule has 4 aromatic rings. The predicted octanol–water partition coefficient (Wildman–Crippen LogP) is 14.7. The van der Waals surface area contributed by atoms with Gasteiger partial charge in [0.15, 0.2) is 0 Å². The van der Waals surface area contributed by atoms with Gasteiger partial charge in [-0.05, 0) is 127 Å². The third-order valence-electron chi connectivity index (χ3n) is 19.9. The molecule has 0 spiro atoms. The summed E-state index contributed by atoms with van der Waals surface area (Å²) in [4.78, 5) is 0. The van der Waals surface area contributed by atoms with E-state index in [0.29, 0.717) is 29.6 Å². The summed E-state index contributed by atoms with van der Waals surface area (Å²) in [5, 5.41) is 26.2. The van der Waals surface area contributed by atoms with Crippen molar-refractivity contribution in [3.05, 3.63) is 133 Å². The number of allylic oxidation sites excluding steroid dienone is 1. The molecule has 0 radical (unpaired) electrons. The zero-order valence-electron chi connectivity index (χ0n) is 48.7. The van der Waals surface area contributed by atoms with E-state index in [2.05, 4.69) is 252 Å². The summed E-state index contributed by atoms with van der Waals surface area (Å²) in [6.07, 6.45) is 10.5. The molecule has 8 atom stereocenters. The van der Waals surface area contributed by atoms with Crippen molar-refractivity contribution in [1.82, 2.24) is 0 Å². The lowest BCUT2D eigenvalue weighted by Crippen LogP contribution is -2.67. The molecule has 0 saturated heterocycles. The van der Waals surface area contributed by atoms with Gasteiger partial charge in [0.25, 0.3) is 16.6 Å². The summed E-state index contributed by atoms with van der Waals surface area (Å²) in [5.74, 6) is 2.52. The molecule has 4 aromatic carbocycles. The highest BCUT2D eigenvalue weighted by Gasteiger charge is 2.58. The zero-order chi connectivity index (χ0) is 53.6. The van der Waals surface area contributed by atoms with Crippen molar-refractivity contribution in [3.8, 4) is 0 Å². The minimum absolute atomic E-state index is 0.00202. The Kier molecular flexibility index (Phi) is 19.8. The van der Waals surface area contributed by atoms with Crippen molar-refractivity contribution in [1.29, 1.82) is 0 Å². The van der Waals surface area contributed by atoms with Gasteiger partial charge >= 0.3 is 0 Å². The zero-order valence-corrected chi connectivity index (χ0v) is 50.7. The van der Waals surface area contributed by atoms with Gasteiger partial charge in [-0.15, -0.1) is 0 Å². The summed E-state index contributed by atoms with van der Waals surface area (Å²) in [7, 11) is -5.07. The molecule has 0 amide bonds. The van der Waals surface area contributed by atoms with E-state index < -0.39 is 16.6 Å². The molecule has 0 aliphatic heterocycles. The Hall–Kier alpha value is -3.11. The van der Waals surface area contributed by atoms with Gasteiger partial charge in [0.2, 0.25) is 0 Å². The van der Waals surface area contributed by atoms with E-state index >= 15 is 0 Å². The molecule has 0 unspecified atom stereocenters. The van der Waals surface area contributed by atoms with Crippen LogP contribution in [0, 0.1) is 57.2 Å². The molecule has 2 aliphatic rings. The number of benzene rings is 4. The van der Waals surface area contributed by atoms with Gasteiger partial charge in [-0.1, -0.05) is 258 Å². The fraction of sp³-hybridized carbons (Fsp3) is 0.606. The van der Waals surface area contributed by atoms with Crippen molar-refractivity contribution >= 4 is 37.4 Å². The third-order valence-corrected chi connectivity index (χ3v) is 29.9. The van der Waals surface area contributed by atoms with Crippen molar-refractivity contribution in [2.75, 3.05) is 13.2 Å². The maximum atomic E-state index is 10.4. The van der Waals surface area contributed by atoms with Crippen LogP contribution in [-0.2, 0) is 8.85 Å². The minimum atomic E-state index is -2.54. The monoisotopic (exact) mass is 1010 g/mol. The average molecular weight is 1020 g/mol. The predicted molar refractivity (Wildman–Crippen MR) is 315 cm³/mol. The maximum absolute atomic E-state index is 10.4. The summed E-state index contributed by atoms with van der Waals surface area (Å²) >= 11 is 0. The lowest BCUT2D eigenvalue weighted by molar-refractivity contribution is 0.00600. The van der Waals surface area contributed by atoms with Gasteiger partial charge < -0.3 is 19.1 Å². The van der Waals surface area contributed by atoms with Gasteiger partial charge in [0.05, 0.1) is 12.2 Å². The van der Waals surface area contributed by atoms with E-state index in [9.17, 15) is 10.2 Å². The van der Waals surface area contributed by atoms with Crippen molar-refractivity contribution < 1.29 is 19.1 Å². The molecule has 0 aromatic heterocycles. The smallest absolute Gasteiger partial charge is 0.261 e. The molecule has 2 N–H and O–H groups in total. The molecule has 72 heavy (non-hydrogen) atoms. The Balaban J connectivity index is 0.000000267. The fourth-order valence-electron chi connectivity index (χ4n) is 13.3. The molecule has 0 bridgehead atoms. The Bertz CT molecular complexity index is 2180. The van der Waals surface area contributed by atoms with Crippen molar-refractivity contribution in [3.63, 3.8) is 0 Å². The molecule has 2 fully saturated rings. The first-order valence-corrected chi connectivity index (χ1v) is 31.9. The largest absolute Gasteiger partial charge is 0.407 e. The van der Waals surface area contributed by atoms with Crippen LogP contribution in [0.2, 0.25) is 10.1 Å². The molecule has 6 heteroatoms. The van der Waals surface area contributed by atoms with E-state index in [-0.39, 0.29) is 49.9 Å². The molecular formula is C66H102O4Si2. The van der Waals surface area contributed by atoms with Crippen LogP contribution in [0.15, 0.2) is 133 Å². The van der Waals surface area contributed by atoms with E-state index in [4.69, 9.17) is 8.85 Å². The highest BCUT2D eigenvalue weighted by molar-refractivity contribution is 7.00. The van der Waals surface area contributed by atoms with Crippen molar-refractivity contribution in [2.24, 2.45) is 57.2 Å². The highest BCUT2D eigenvalue weighted by Crippen LogP contribution is 2.62. The van der Waals surface area contributed by atoms with E-state index in [1.807, 2.05) is 6.08 Å². The first-order valence-electron chi connectivity index (χ1n) is 28.1. The molecule has 4 nitrogen and oxygen atoms in total. The summed E-state index contributed by atoms with van der Waals surface area (Å²) < 4.78 is 14.8. The van der Waals surface area contributed by atoms with E-state index in [1.165, 1.54) is 46.4 Å². The highest BCUT2D eigenvalue weighted by atomic mass is 28.4. The van der Waals surface area contributed by atoms with Gasteiger partial charge in [-0.3, -0.25) is 0 Å². The number of hydrogen-bond donors (Lipinski definition) is 2. The second-order valence-corrected chi connectivity index (χ2v) is 35.5. The summed E-state index contributed by atoms with van der Waals surface area (Å²) in [5.41, 5.74) is 0.675. The van der Waals surface area contributed by atoms with Crippen LogP contribution >= 0.6 is 0 Å². The topological polar surface area (TPSA) is 58.9 Å². The quantitative estimate of drug-likeness (QED) is 0.0726. The van der Waals surface area contributed by atoms with E-state index in [0.717, 1.165) is 26.1 Å². The summed E-state index contributed by atoms with van der Waals surface area (Å²) in [6.45, 7) is 43.7. The van der Waals surface area contributed by atoms with Crippen LogP contribution in [0.3, 0.4) is 0 Å². The van der Waals surface area contributed by atoms with Crippen LogP contribution in [0.4, 0.5) is 0 Å². The molecule has 6 rings (SSSR count). The van der Waals surface area contributed by atoms with Crippen LogP contribution < -0.4 is 20.7 Å². The van der Waals surface area contributed by atoms with Crippen LogP contribution in [0.5, 0.6) is 0 Å². The van der Waals surface area contributed by atoms with Crippen molar-refractivity contribution in [2.45, 2.75) is 185 Å². The molecule has 2 saturated carbocycles. The first-order chi connectivity index (χ1) is 33.5. The lowest BCUT2D eigenvalue weighted by Gasteiger charge is -2.48. The maximum Gasteiger partial charge on any atom is 0.261 e. The number of aliphatic hydroxyl groups is 2.